The van der Waals surface area contributed by atoms with E-state index >= 15 is 0 Å². The van der Waals surface area contributed by atoms with Gasteiger partial charge in [0.1, 0.15) is 0 Å². The van der Waals surface area contributed by atoms with Crippen molar-refractivity contribution >= 4 is 16.8 Å². The Bertz CT molecular complexity index is 1430. The molecule has 1 aromatic carbocycles. The Hall–Kier alpha value is -3.69. The zero-order valence-corrected chi connectivity index (χ0v) is 19.2. The third-order valence-corrected chi connectivity index (χ3v) is 6.42. The molecule has 1 aliphatic rings. The number of aryl methyl sites for hydroxylation is 3. The minimum absolute atomic E-state index is 0.124. The molecule has 0 saturated heterocycles. The van der Waals surface area contributed by atoms with Crippen LogP contribution in [0.3, 0.4) is 0 Å². The maximum atomic E-state index is 13.6. The summed E-state index contributed by atoms with van der Waals surface area (Å²) in [5, 5.41) is 9.04. The van der Waals surface area contributed by atoms with E-state index in [1.165, 1.54) is 11.7 Å². The first-order chi connectivity index (χ1) is 16.1. The summed E-state index contributed by atoms with van der Waals surface area (Å²) in [6, 6.07) is 9.98. The van der Waals surface area contributed by atoms with Gasteiger partial charge in [0.2, 0.25) is 0 Å². The Labute approximate surface area is 193 Å². The molecule has 5 rings (SSSR count). The second-order valence-electron chi connectivity index (χ2n) is 8.62. The number of amides is 1. The van der Waals surface area contributed by atoms with Crippen molar-refractivity contribution < 1.29 is 18.0 Å². The molecule has 0 fully saturated rings. The van der Waals surface area contributed by atoms with Crippen molar-refractivity contribution in [2.24, 2.45) is 14.1 Å². The molecule has 0 aliphatic carbocycles. The van der Waals surface area contributed by atoms with Gasteiger partial charge in [0.05, 0.1) is 28.6 Å². The average Bonchev–Trinajstić information content (AvgIpc) is 3.32. The fourth-order valence-electron chi connectivity index (χ4n) is 4.77. The largest absolute Gasteiger partial charge is 0.435 e. The van der Waals surface area contributed by atoms with Gasteiger partial charge in [-0.15, -0.1) is 0 Å². The number of benzene rings is 1. The second kappa shape index (κ2) is 7.68. The van der Waals surface area contributed by atoms with Gasteiger partial charge in [0, 0.05) is 42.8 Å². The number of carbonyl (C=O) groups excluding carboxylic acids is 1. The van der Waals surface area contributed by atoms with Gasteiger partial charge >= 0.3 is 6.18 Å². The highest BCUT2D eigenvalue weighted by molar-refractivity contribution is 6.06. The van der Waals surface area contributed by atoms with E-state index < -0.39 is 11.9 Å². The highest BCUT2D eigenvalue weighted by Gasteiger charge is 2.37. The van der Waals surface area contributed by atoms with Crippen LogP contribution in [0.15, 0.2) is 36.4 Å². The Kier molecular flexibility index (Phi) is 5.00. The van der Waals surface area contributed by atoms with Crippen molar-refractivity contribution in [2.75, 3.05) is 6.54 Å². The van der Waals surface area contributed by atoms with Crippen LogP contribution in [-0.2, 0) is 26.7 Å². The first-order valence-electron chi connectivity index (χ1n) is 10.9. The van der Waals surface area contributed by atoms with Crippen LogP contribution in [0.1, 0.15) is 46.0 Å². The second-order valence-corrected chi connectivity index (χ2v) is 8.62. The van der Waals surface area contributed by atoms with Crippen LogP contribution in [0.25, 0.3) is 22.3 Å². The lowest BCUT2D eigenvalue weighted by molar-refractivity contribution is -0.141. The quantitative estimate of drug-likeness (QED) is 0.436. The average molecular weight is 468 g/mol. The molecule has 1 aliphatic heterocycles. The van der Waals surface area contributed by atoms with E-state index in [1.54, 1.807) is 22.7 Å². The lowest BCUT2D eigenvalue weighted by Gasteiger charge is -2.33. The number of hydrogen-bond acceptors (Lipinski definition) is 4. The number of pyridine rings is 1. The summed E-state index contributed by atoms with van der Waals surface area (Å²) in [5.41, 5.74) is 3.70. The Morgan fingerprint density at radius 3 is 2.56 bits per heavy atom. The van der Waals surface area contributed by atoms with Gasteiger partial charge in [-0.3, -0.25) is 19.1 Å². The molecule has 4 heterocycles. The van der Waals surface area contributed by atoms with Gasteiger partial charge in [-0.2, -0.15) is 23.4 Å². The highest BCUT2D eigenvalue weighted by atomic mass is 19.4. The normalized spacial score (nSPS) is 16.2. The van der Waals surface area contributed by atoms with E-state index in [0.29, 0.717) is 35.6 Å². The smallest absolute Gasteiger partial charge is 0.330 e. The Morgan fingerprint density at radius 2 is 1.85 bits per heavy atom. The van der Waals surface area contributed by atoms with Gasteiger partial charge in [0.25, 0.3) is 5.91 Å². The van der Waals surface area contributed by atoms with Crippen LogP contribution in [0.2, 0.25) is 0 Å². The molecular formula is C24H23F3N6O. The molecular weight excluding hydrogens is 445 g/mol. The van der Waals surface area contributed by atoms with E-state index in [9.17, 15) is 18.0 Å². The predicted octanol–water partition coefficient (Wildman–Crippen LogP) is 4.46. The lowest BCUT2D eigenvalue weighted by Crippen LogP contribution is -2.39. The molecule has 1 unspecified atom stereocenters. The maximum Gasteiger partial charge on any atom is 0.435 e. The van der Waals surface area contributed by atoms with Crippen LogP contribution in [0.4, 0.5) is 13.2 Å². The van der Waals surface area contributed by atoms with Crippen molar-refractivity contribution in [1.29, 1.82) is 0 Å². The summed E-state index contributed by atoms with van der Waals surface area (Å²) >= 11 is 0. The van der Waals surface area contributed by atoms with Crippen LogP contribution < -0.4 is 0 Å². The zero-order valence-electron chi connectivity index (χ0n) is 19.2. The van der Waals surface area contributed by atoms with E-state index in [1.807, 2.05) is 38.1 Å². The summed E-state index contributed by atoms with van der Waals surface area (Å²) in [7, 11) is 3.19. The first kappa shape index (κ1) is 22.1. The number of rotatable bonds is 2. The van der Waals surface area contributed by atoms with E-state index in [4.69, 9.17) is 0 Å². The summed E-state index contributed by atoms with van der Waals surface area (Å²) in [4.78, 5) is 19.9. The molecule has 1 amide bonds. The van der Waals surface area contributed by atoms with Crippen molar-refractivity contribution in [2.45, 2.75) is 32.5 Å². The molecule has 10 heteroatoms. The minimum atomic E-state index is -4.53. The van der Waals surface area contributed by atoms with Crippen LogP contribution in [0, 0.1) is 6.92 Å². The molecule has 34 heavy (non-hydrogen) atoms. The summed E-state index contributed by atoms with van der Waals surface area (Å²) in [6.45, 7) is 4.22. The summed E-state index contributed by atoms with van der Waals surface area (Å²) in [6.07, 6.45) is -4.06. The van der Waals surface area contributed by atoms with Crippen molar-refractivity contribution in [3.63, 3.8) is 0 Å². The molecule has 0 bridgehead atoms. The fourth-order valence-corrected chi connectivity index (χ4v) is 4.77. The Balaban J connectivity index is 1.53. The number of fused-ring (bicyclic) bond motifs is 2. The molecule has 7 nitrogen and oxygen atoms in total. The van der Waals surface area contributed by atoms with Gasteiger partial charge in [-0.25, -0.2) is 0 Å². The standard InChI is InChI=1S/C24H23F3N6O/c1-13-8-9-15-16(6-5-7-18(15)28-13)23(34)33-11-10-17-21(14(33)2)30-32(4)22(17)19-12-20(24(25,26)27)29-31(19)3/h5-9,12,14H,10-11H2,1-4H3. The monoisotopic (exact) mass is 468 g/mol. The lowest BCUT2D eigenvalue weighted by atomic mass is 9.96. The summed E-state index contributed by atoms with van der Waals surface area (Å²) < 4.78 is 42.4. The molecule has 1 atom stereocenters. The Morgan fingerprint density at radius 1 is 1.09 bits per heavy atom. The number of aromatic nitrogens is 5. The molecule has 0 saturated carbocycles. The van der Waals surface area contributed by atoms with Gasteiger partial charge < -0.3 is 4.90 Å². The molecule has 0 spiro atoms. The maximum absolute atomic E-state index is 13.6. The number of carbonyl (C=O) groups is 1. The fraction of sp³-hybridized carbons (Fsp3) is 0.333. The predicted molar refractivity (Wildman–Crippen MR) is 120 cm³/mol. The van der Waals surface area contributed by atoms with Crippen molar-refractivity contribution in [1.82, 2.24) is 29.4 Å². The SMILES string of the molecule is Cc1ccc2c(C(=O)N3CCc4c(nn(C)c4-c4cc(C(F)(F)F)nn4C)C3C)cccc2n1. The number of alkyl halides is 3. The first-order valence-corrected chi connectivity index (χ1v) is 10.9. The molecule has 0 radical (unpaired) electrons. The van der Waals surface area contributed by atoms with Crippen LogP contribution >= 0.6 is 0 Å². The molecule has 0 N–H and O–H groups in total. The number of nitrogens with zero attached hydrogens (tertiary/aromatic N) is 6. The zero-order chi connectivity index (χ0) is 24.4. The van der Waals surface area contributed by atoms with Gasteiger partial charge in [0.15, 0.2) is 5.69 Å². The topological polar surface area (TPSA) is 68.8 Å². The highest BCUT2D eigenvalue weighted by Crippen LogP contribution is 2.38. The van der Waals surface area contributed by atoms with E-state index in [0.717, 1.165) is 28.2 Å². The van der Waals surface area contributed by atoms with Crippen molar-refractivity contribution in [3.8, 4) is 11.4 Å². The van der Waals surface area contributed by atoms with E-state index in [2.05, 4.69) is 15.2 Å². The number of hydrogen-bond donors (Lipinski definition) is 0. The molecule has 4 aromatic rings. The van der Waals surface area contributed by atoms with Gasteiger partial charge in [-0.05, 0) is 44.5 Å². The molecule has 3 aromatic heterocycles. The third kappa shape index (κ3) is 3.44. The van der Waals surface area contributed by atoms with E-state index in [-0.39, 0.29) is 11.9 Å². The van der Waals surface area contributed by atoms with Gasteiger partial charge in [-0.1, -0.05) is 12.1 Å². The third-order valence-electron chi connectivity index (χ3n) is 6.42. The minimum Gasteiger partial charge on any atom is -0.330 e. The van der Waals surface area contributed by atoms with Crippen LogP contribution in [-0.4, -0.2) is 41.9 Å². The number of halogens is 3. The molecule has 176 valence electrons. The summed E-state index contributed by atoms with van der Waals surface area (Å²) in [5.74, 6) is -0.124. The van der Waals surface area contributed by atoms with Crippen LogP contribution in [0.5, 0.6) is 0 Å². The van der Waals surface area contributed by atoms with Crippen molar-refractivity contribution in [3.05, 3.63) is 64.6 Å².